The summed E-state index contributed by atoms with van der Waals surface area (Å²) in [4.78, 5) is 0. The second kappa shape index (κ2) is 10.3. The molecule has 0 bridgehead atoms. The average Bonchev–Trinajstić information content (AvgIpc) is 2.65. The van der Waals surface area contributed by atoms with E-state index >= 15 is 0 Å². The van der Waals surface area contributed by atoms with Gasteiger partial charge in [-0.15, -0.1) is 0 Å². The van der Waals surface area contributed by atoms with E-state index in [1.165, 1.54) is 42.6 Å². The van der Waals surface area contributed by atoms with Gasteiger partial charge >= 0.3 is 0 Å². The molecular formula is C22H28ClNS. The zero-order chi connectivity index (χ0) is 17.3. The molecule has 1 saturated carbocycles. The lowest BCUT2D eigenvalue weighted by molar-refractivity contribution is 0.284. The van der Waals surface area contributed by atoms with Crippen molar-refractivity contribution < 1.29 is 0 Å². The smallest absolute Gasteiger partial charge is 0.0450 e. The van der Waals surface area contributed by atoms with Crippen LogP contribution in [0.1, 0.15) is 36.8 Å². The molecule has 0 saturated heterocycles. The Bertz CT molecular complexity index is 623. The second-order valence-corrected chi connectivity index (χ2v) is 8.55. The van der Waals surface area contributed by atoms with E-state index in [9.17, 15) is 0 Å². The summed E-state index contributed by atoms with van der Waals surface area (Å²) in [6, 6.07) is 18.9. The molecule has 0 radical (unpaired) electrons. The monoisotopic (exact) mass is 373 g/mol. The highest BCUT2D eigenvalue weighted by Crippen LogP contribution is 2.31. The van der Waals surface area contributed by atoms with Crippen molar-refractivity contribution in [1.82, 2.24) is 5.32 Å². The Balaban J connectivity index is 1.29. The van der Waals surface area contributed by atoms with Gasteiger partial charge in [-0.2, -0.15) is 11.8 Å². The molecular weight excluding hydrogens is 346 g/mol. The fraction of sp³-hybridized carbons (Fsp3) is 0.455. The number of rotatable bonds is 8. The number of hydrogen-bond acceptors (Lipinski definition) is 2. The van der Waals surface area contributed by atoms with Gasteiger partial charge in [0, 0.05) is 17.3 Å². The fourth-order valence-electron chi connectivity index (χ4n) is 3.57. The number of benzene rings is 2. The Morgan fingerprint density at radius 1 is 0.880 bits per heavy atom. The minimum Gasteiger partial charge on any atom is -0.312 e. The molecule has 0 spiro atoms. The summed E-state index contributed by atoms with van der Waals surface area (Å²) in [6.07, 6.45) is 5.51. The molecule has 134 valence electrons. The second-order valence-electron chi connectivity index (χ2n) is 7.11. The maximum Gasteiger partial charge on any atom is 0.0450 e. The lowest BCUT2D eigenvalue weighted by Crippen LogP contribution is -2.26. The summed E-state index contributed by atoms with van der Waals surface area (Å²) in [5, 5.41) is 4.47. The maximum absolute atomic E-state index is 6.22. The Morgan fingerprint density at radius 2 is 1.56 bits per heavy atom. The van der Waals surface area contributed by atoms with Gasteiger partial charge in [0.25, 0.3) is 0 Å². The van der Waals surface area contributed by atoms with Crippen molar-refractivity contribution in [3.8, 4) is 0 Å². The molecule has 25 heavy (non-hydrogen) atoms. The fourth-order valence-corrected chi connectivity index (χ4v) is 4.99. The number of hydrogen-bond donors (Lipinski definition) is 1. The van der Waals surface area contributed by atoms with E-state index in [4.69, 9.17) is 11.6 Å². The third-order valence-electron chi connectivity index (χ3n) is 5.14. The zero-order valence-corrected chi connectivity index (χ0v) is 16.4. The highest BCUT2D eigenvalue weighted by atomic mass is 35.5. The van der Waals surface area contributed by atoms with E-state index in [1.807, 2.05) is 12.1 Å². The molecule has 2 aromatic carbocycles. The first-order chi connectivity index (χ1) is 12.3. The minimum absolute atomic E-state index is 0.831. The molecule has 0 aliphatic heterocycles. The van der Waals surface area contributed by atoms with Gasteiger partial charge in [0.1, 0.15) is 0 Å². The molecule has 0 heterocycles. The van der Waals surface area contributed by atoms with Gasteiger partial charge < -0.3 is 5.32 Å². The van der Waals surface area contributed by atoms with Crippen LogP contribution in [0.25, 0.3) is 0 Å². The van der Waals surface area contributed by atoms with E-state index in [0.717, 1.165) is 35.7 Å². The summed E-state index contributed by atoms with van der Waals surface area (Å²) >= 11 is 8.32. The zero-order valence-electron chi connectivity index (χ0n) is 14.8. The summed E-state index contributed by atoms with van der Waals surface area (Å²) in [5.74, 6) is 4.21. The van der Waals surface area contributed by atoms with Crippen LogP contribution >= 0.6 is 23.4 Å². The van der Waals surface area contributed by atoms with E-state index in [-0.39, 0.29) is 0 Å². The molecule has 0 amide bonds. The van der Waals surface area contributed by atoms with Gasteiger partial charge in [-0.05, 0) is 67.0 Å². The van der Waals surface area contributed by atoms with Crippen molar-refractivity contribution >= 4 is 23.4 Å². The summed E-state index contributed by atoms with van der Waals surface area (Å²) < 4.78 is 0. The molecule has 0 atom stereocenters. The van der Waals surface area contributed by atoms with E-state index < -0.39 is 0 Å². The standard InChI is InChI=1S/C22H28ClNS/c23-22-9-5-4-8-21(22)15-24-14-18-10-12-20(13-11-18)17-25-16-19-6-2-1-3-7-19/h1-9,18,20,24H,10-17H2. The van der Waals surface area contributed by atoms with Crippen molar-refractivity contribution in [2.45, 2.75) is 38.0 Å². The molecule has 2 aromatic rings. The minimum atomic E-state index is 0.831. The highest BCUT2D eigenvalue weighted by molar-refractivity contribution is 7.98. The molecule has 3 heteroatoms. The van der Waals surface area contributed by atoms with Crippen LogP contribution in [0.15, 0.2) is 54.6 Å². The van der Waals surface area contributed by atoms with Crippen molar-refractivity contribution in [2.75, 3.05) is 12.3 Å². The van der Waals surface area contributed by atoms with Gasteiger partial charge in [0.15, 0.2) is 0 Å². The Kier molecular flexibility index (Phi) is 7.72. The molecule has 1 aliphatic rings. The lowest BCUT2D eigenvalue weighted by Gasteiger charge is -2.28. The average molecular weight is 374 g/mol. The van der Waals surface area contributed by atoms with Gasteiger partial charge in [-0.3, -0.25) is 0 Å². The predicted octanol–water partition coefficient (Wildman–Crippen LogP) is 6.17. The van der Waals surface area contributed by atoms with Crippen molar-refractivity contribution in [2.24, 2.45) is 11.8 Å². The first-order valence-electron chi connectivity index (χ1n) is 9.37. The maximum atomic E-state index is 6.22. The molecule has 0 aromatic heterocycles. The summed E-state index contributed by atoms with van der Waals surface area (Å²) in [7, 11) is 0. The third-order valence-corrected chi connectivity index (χ3v) is 6.75. The number of halogens is 1. The van der Waals surface area contributed by atoms with Crippen molar-refractivity contribution in [3.05, 3.63) is 70.7 Å². The van der Waals surface area contributed by atoms with Crippen LogP contribution in [0.2, 0.25) is 5.02 Å². The Morgan fingerprint density at radius 3 is 2.32 bits per heavy atom. The SMILES string of the molecule is Clc1ccccc1CNCC1CCC(CSCc2ccccc2)CC1. The topological polar surface area (TPSA) is 12.0 Å². The van der Waals surface area contributed by atoms with Crippen LogP contribution in [0.3, 0.4) is 0 Å². The van der Waals surface area contributed by atoms with Gasteiger partial charge in [0.2, 0.25) is 0 Å². The van der Waals surface area contributed by atoms with Crippen LogP contribution < -0.4 is 5.32 Å². The molecule has 1 aliphatic carbocycles. The predicted molar refractivity (Wildman–Crippen MR) is 111 cm³/mol. The van der Waals surface area contributed by atoms with Crippen LogP contribution in [0, 0.1) is 11.8 Å². The highest BCUT2D eigenvalue weighted by Gasteiger charge is 2.20. The largest absolute Gasteiger partial charge is 0.312 e. The number of thioether (sulfide) groups is 1. The first kappa shape index (κ1) is 18.8. The lowest BCUT2D eigenvalue weighted by atomic mass is 9.83. The summed E-state index contributed by atoms with van der Waals surface area (Å²) in [6.45, 7) is 2.00. The van der Waals surface area contributed by atoms with Crippen molar-refractivity contribution in [1.29, 1.82) is 0 Å². The quantitative estimate of drug-likeness (QED) is 0.593. The number of nitrogens with one attached hydrogen (secondary N) is 1. The molecule has 3 rings (SSSR count). The Hall–Kier alpha value is -0.960. The molecule has 1 N–H and O–H groups in total. The van der Waals surface area contributed by atoms with Gasteiger partial charge in [-0.1, -0.05) is 60.1 Å². The Labute approximate surface area is 161 Å². The van der Waals surface area contributed by atoms with E-state index in [1.54, 1.807) is 0 Å². The first-order valence-corrected chi connectivity index (χ1v) is 10.9. The van der Waals surface area contributed by atoms with Crippen LogP contribution in [0.4, 0.5) is 0 Å². The van der Waals surface area contributed by atoms with E-state index in [0.29, 0.717) is 0 Å². The summed E-state index contributed by atoms with van der Waals surface area (Å²) in [5.41, 5.74) is 2.65. The van der Waals surface area contributed by atoms with Crippen molar-refractivity contribution in [3.63, 3.8) is 0 Å². The van der Waals surface area contributed by atoms with Gasteiger partial charge in [-0.25, -0.2) is 0 Å². The van der Waals surface area contributed by atoms with Crippen LogP contribution in [0.5, 0.6) is 0 Å². The normalized spacial score (nSPS) is 20.5. The molecule has 1 nitrogen and oxygen atoms in total. The van der Waals surface area contributed by atoms with E-state index in [2.05, 4.69) is 59.5 Å². The van der Waals surface area contributed by atoms with Crippen LogP contribution in [-0.2, 0) is 12.3 Å². The van der Waals surface area contributed by atoms with Crippen LogP contribution in [-0.4, -0.2) is 12.3 Å². The molecule has 0 unspecified atom stereocenters. The molecule has 1 fully saturated rings. The van der Waals surface area contributed by atoms with Gasteiger partial charge in [0.05, 0.1) is 0 Å². The third kappa shape index (κ3) is 6.36.